The monoisotopic (exact) mass is 549 g/mol. The Hall–Kier alpha value is -3.36. The van der Waals surface area contributed by atoms with Crippen molar-refractivity contribution in [1.29, 1.82) is 0 Å². The van der Waals surface area contributed by atoms with Gasteiger partial charge < -0.3 is 14.5 Å². The minimum atomic E-state index is -2.00. The van der Waals surface area contributed by atoms with E-state index in [1.54, 1.807) is 48.5 Å². The summed E-state index contributed by atoms with van der Waals surface area (Å²) in [7, 11) is -2.00. The molecule has 2 aromatic carbocycles. The third kappa shape index (κ3) is 9.11. The number of benzene rings is 2. The Kier molecular flexibility index (Phi) is 10.2. The summed E-state index contributed by atoms with van der Waals surface area (Å²) in [5.41, 5.74) is 1.69. The van der Waals surface area contributed by atoms with Gasteiger partial charge in [-0.25, -0.2) is 0 Å². The first kappa shape index (κ1) is 30.2. The van der Waals surface area contributed by atoms with E-state index < -0.39 is 8.32 Å². The Morgan fingerprint density at radius 1 is 0.949 bits per heavy atom. The average Bonchev–Trinajstić information content (AvgIpc) is 3.20. The number of hydrogen-bond donors (Lipinski definition) is 1. The number of unbranched alkanes of at least 4 members (excludes halogenated alkanes) is 1. The van der Waals surface area contributed by atoms with E-state index in [1.807, 2.05) is 12.1 Å². The average molecular weight is 550 g/mol. The number of ether oxygens (including phenoxy) is 1. The lowest BCUT2D eigenvalue weighted by molar-refractivity contribution is -0.134. The molecule has 0 saturated heterocycles. The summed E-state index contributed by atoms with van der Waals surface area (Å²) >= 11 is 0. The highest BCUT2D eigenvalue weighted by Crippen LogP contribution is 2.39. The molecular weight excluding hydrogens is 510 g/mol. The van der Waals surface area contributed by atoms with Crippen LogP contribution in [0.3, 0.4) is 0 Å². The second kappa shape index (κ2) is 13.1. The molecule has 1 N–H and O–H groups in total. The normalized spacial score (nSPS) is 15.6. The topological polar surface area (TPSA) is 98.8 Å². The van der Waals surface area contributed by atoms with Crippen LogP contribution in [0.4, 0.5) is 5.69 Å². The number of esters is 1. The highest BCUT2D eigenvalue weighted by molar-refractivity contribution is 6.74. The van der Waals surface area contributed by atoms with Crippen molar-refractivity contribution in [3.8, 4) is 5.75 Å². The molecule has 2 aromatic rings. The number of allylic oxidation sites excluding steroid dienone is 1. The van der Waals surface area contributed by atoms with Gasteiger partial charge in [-0.15, -0.1) is 0 Å². The van der Waals surface area contributed by atoms with Crippen LogP contribution in [0.1, 0.15) is 69.7 Å². The minimum Gasteiger partial charge on any atom is -0.427 e. The molecule has 0 radical (unpaired) electrons. The molecule has 0 heterocycles. The molecule has 8 heteroatoms. The van der Waals surface area contributed by atoms with E-state index in [0.717, 1.165) is 0 Å². The quantitative estimate of drug-likeness (QED) is 0.138. The van der Waals surface area contributed by atoms with Crippen LogP contribution in [0, 0.1) is 0 Å². The third-order valence-electron chi connectivity index (χ3n) is 7.24. The molecule has 0 bridgehead atoms. The van der Waals surface area contributed by atoms with Crippen molar-refractivity contribution in [2.24, 2.45) is 0 Å². The first-order valence-corrected chi connectivity index (χ1v) is 16.4. The Labute approximate surface area is 232 Å². The minimum absolute atomic E-state index is 0.0101. The molecule has 1 unspecified atom stereocenters. The number of Topliss-reactive ketones (excluding diaryl/α,β-unsaturated/α-hetero) is 2. The van der Waals surface area contributed by atoms with Gasteiger partial charge in [0, 0.05) is 42.5 Å². The van der Waals surface area contributed by atoms with Gasteiger partial charge in [-0.3, -0.25) is 19.2 Å². The lowest BCUT2D eigenvalue weighted by atomic mass is 10.0. The van der Waals surface area contributed by atoms with Crippen molar-refractivity contribution in [3.63, 3.8) is 0 Å². The van der Waals surface area contributed by atoms with Gasteiger partial charge in [0.25, 0.3) is 5.91 Å². The molecule has 0 spiro atoms. The predicted octanol–water partition coefficient (Wildman–Crippen LogP) is 6.65. The smallest absolute Gasteiger partial charge is 0.311 e. The second-order valence-electron chi connectivity index (χ2n) is 11.5. The van der Waals surface area contributed by atoms with Crippen LogP contribution in [0.2, 0.25) is 18.1 Å². The van der Waals surface area contributed by atoms with E-state index in [4.69, 9.17) is 9.16 Å². The summed E-state index contributed by atoms with van der Waals surface area (Å²) in [4.78, 5) is 49.3. The first-order chi connectivity index (χ1) is 18.3. The fourth-order valence-electron chi connectivity index (χ4n) is 3.95. The molecule has 1 amide bonds. The summed E-state index contributed by atoms with van der Waals surface area (Å²) in [5, 5.41) is 2.84. The van der Waals surface area contributed by atoms with Gasteiger partial charge in [-0.2, -0.15) is 0 Å². The number of carbonyl (C=O) groups excluding carboxylic acids is 4. The number of carbonyl (C=O) groups is 4. The third-order valence-corrected chi connectivity index (χ3v) is 11.7. The number of hydrogen-bond acceptors (Lipinski definition) is 6. The molecule has 0 saturated carbocycles. The maximum Gasteiger partial charge on any atom is 0.311 e. The Morgan fingerprint density at radius 2 is 1.59 bits per heavy atom. The van der Waals surface area contributed by atoms with E-state index in [0.29, 0.717) is 48.3 Å². The molecule has 7 nitrogen and oxygen atoms in total. The maximum absolute atomic E-state index is 12.5. The number of amides is 1. The molecule has 3 rings (SSSR count). The second-order valence-corrected chi connectivity index (χ2v) is 16.2. The molecule has 208 valence electrons. The lowest BCUT2D eigenvalue weighted by Gasteiger charge is -2.37. The van der Waals surface area contributed by atoms with Crippen LogP contribution in [-0.4, -0.2) is 37.9 Å². The molecule has 0 aliphatic heterocycles. The maximum atomic E-state index is 12.5. The largest absolute Gasteiger partial charge is 0.427 e. The van der Waals surface area contributed by atoms with Crippen LogP contribution in [0.15, 0.2) is 66.2 Å². The van der Waals surface area contributed by atoms with Gasteiger partial charge in [0.05, 0.1) is 6.10 Å². The molecular formula is C31H39NO6Si. The number of rotatable bonds is 12. The lowest BCUT2D eigenvalue weighted by Crippen LogP contribution is -2.43. The fourth-order valence-corrected chi connectivity index (χ4v) is 5.21. The van der Waals surface area contributed by atoms with Gasteiger partial charge in [0.2, 0.25) is 0 Å². The molecule has 39 heavy (non-hydrogen) atoms. The van der Waals surface area contributed by atoms with Gasteiger partial charge in [-0.1, -0.05) is 39.0 Å². The summed E-state index contributed by atoms with van der Waals surface area (Å²) < 4.78 is 11.7. The van der Waals surface area contributed by atoms with Crippen LogP contribution in [0.5, 0.6) is 5.75 Å². The number of ketones is 2. The summed E-state index contributed by atoms with van der Waals surface area (Å²) in [6.45, 7) is 10.8. The first-order valence-electron chi connectivity index (χ1n) is 13.4. The highest BCUT2D eigenvalue weighted by Gasteiger charge is 2.40. The number of nitrogens with one attached hydrogen (secondary N) is 1. The summed E-state index contributed by atoms with van der Waals surface area (Å²) in [5.74, 6) is -0.245. The van der Waals surface area contributed by atoms with Gasteiger partial charge >= 0.3 is 5.97 Å². The van der Waals surface area contributed by atoms with Crippen molar-refractivity contribution in [2.75, 3.05) is 5.32 Å². The van der Waals surface area contributed by atoms with E-state index >= 15 is 0 Å². The predicted molar refractivity (Wildman–Crippen MR) is 154 cm³/mol. The molecule has 1 aliphatic carbocycles. The van der Waals surface area contributed by atoms with Crippen molar-refractivity contribution in [2.45, 2.75) is 83.5 Å². The number of anilines is 1. The van der Waals surface area contributed by atoms with Crippen molar-refractivity contribution >= 4 is 37.4 Å². The van der Waals surface area contributed by atoms with Crippen LogP contribution in [0.25, 0.3) is 0 Å². The van der Waals surface area contributed by atoms with Gasteiger partial charge in [-0.05, 0) is 73.4 Å². The molecule has 1 aliphatic rings. The Morgan fingerprint density at radius 3 is 2.23 bits per heavy atom. The van der Waals surface area contributed by atoms with Crippen LogP contribution < -0.4 is 10.1 Å². The summed E-state index contributed by atoms with van der Waals surface area (Å²) in [6, 6.07) is 15.5. The van der Waals surface area contributed by atoms with E-state index in [-0.39, 0.29) is 47.4 Å². The Balaban J connectivity index is 1.36. The van der Waals surface area contributed by atoms with Crippen molar-refractivity contribution in [3.05, 3.63) is 71.8 Å². The molecule has 0 fully saturated rings. The Bertz CT molecular complexity index is 1210. The van der Waals surface area contributed by atoms with Crippen LogP contribution in [-0.2, 0) is 18.8 Å². The highest BCUT2D eigenvalue weighted by atomic mass is 28.4. The van der Waals surface area contributed by atoms with Crippen LogP contribution >= 0.6 is 0 Å². The van der Waals surface area contributed by atoms with Gasteiger partial charge in [0.1, 0.15) is 11.5 Å². The fraction of sp³-hybridized carbons (Fsp3) is 0.419. The van der Waals surface area contributed by atoms with Gasteiger partial charge in [0.15, 0.2) is 14.1 Å². The zero-order valence-corrected chi connectivity index (χ0v) is 24.5. The van der Waals surface area contributed by atoms with E-state index in [1.165, 1.54) is 0 Å². The SMILES string of the molecule is CC(C)(C)[Si](C)(C)OC1C=C(CC(=O)CCCCC(=O)Oc2ccc(NC(=O)c3ccccc3)cc2)C(=O)C1. The van der Waals surface area contributed by atoms with Crippen molar-refractivity contribution in [1.82, 2.24) is 0 Å². The zero-order valence-electron chi connectivity index (χ0n) is 23.5. The zero-order chi connectivity index (χ0) is 28.6. The molecule has 0 aromatic heterocycles. The van der Waals surface area contributed by atoms with E-state index in [2.05, 4.69) is 39.2 Å². The van der Waals surface area contributed by atoms with E-state index in [9.17, 15) is 19.2 Å². The van der Waals surface area contributed by atoms with Crippen molar-refractivity contribution < 1.29 is 28.3 Å². The molecule has 1 atom stereocenters. The standard InChI is InChI=1S/C31H39NO6Si/c1-31(2,3)39(4,5)38-27-20-23(28(34)21-27)19-25(33)13-9-10-14-29(35)37-26-17-15-24(16-18-26)32-30(36)22-11-7-6-8-12-22/h6-8,11-12,15-18,20,27H,9-10,13-14,19,21H2,1-5H3,(H,32,36). The summed E-state index contributed by atoms with van der Waals surface area (Å²) in [6.07, 6.45) is 3.56.